The van der Waals surface area contributed by atoms with Crippen molar-refractivity contribution in [3.05, 3.63) is 58.4 Å². The molecule has 5 nitrogen and oxygen atoms in total. The van der Waals surface area contributed by atoms with Crippen LogP contribution < -0.4 is 5.32 Å². The zero-order valence-corrected chi connectivity index (χ0v) is 14.9. The fraction of sp³-hybridized carbons (Fsp3) is 0.278. The molecule has 0 aliphatic heterocycles. The summed E-state index contributed by atoms with van der Waals surface area (Å²) in [5, 5.41) is 7.94. The standard InChI is InChI=1S/C18H20N4OS/c1-12-4-5-15(13(2)8-12)18-20-10-16(24-18)17(23)19-7-6-14-9-21-22(3)11-14/h4-5,8-11H,6-7H2,1-3H3,(H,19,23). The molecule has 3 aromatic rings. The van der Waals surface area contributed by atoms with Crippen LogP contribution in [-0.2, 0) is 13.5 Å². The third kappa shape index (κ3) is 3.71. The highest BCUT2D eigenvalue weighted by molar-refractivity contribution is 7.16. The molecule has 0 saturated heterocycles. The maximum absolute atomic E-state index is 12.3. The lowest BCUT2D eigenvalue weighted by Gasteiger charge is -2.03. The van der Waals surface area contributed by atoms with Crippen LogP contribution in [0.4, 0.5) is 0 Å². The largest absolute Gasteiger partial charge is 0.351 e. The summed E-state index contributed by atoms with van der Waals surface area (Å²) in [4.78, 5) is 17.3. The van der Waals surface area contributed by atoms with Crippen LogP contribution in [0.2, 0.25) is 0 Å². The SMILES string of the molecule is Cc1ccc(-c2ncc(C(=O)NCCc3cnn(C)c3)s2)c(C)c1. The Labute approximate surface area is 145 Å². The number of hydrogen-bond acceptors (Lipinski definition) is 4. The molecule has 1 amide bonds. The number of rotatable bonds is 5. The molecule has 0 fully saturated rings. The summed E-state index contributed by atoms with van der Waals surface area (Å²) in [6.45, 7) is 4.72. The zero-order chi connectivity index (χ0) is 17.1. The highest BCUT2D eigenvalue weighted by atomic mass is 32.1. The van der Waals surface area contributed by atoms with Crippen LogP contribution in [0.1, 0.15) is 26.4 Å². The van der Waals surface area contributed by atoms with E-state index in [0.29, 0.717) is 11.4 Å². The van der Waals surface area contributed by atoms with Gasteiger partial charge in [0.1, 0.15) is 9.88 Å². The first-order valence-corrected chi connectivity index (χ1v) is 8.64. The molecule has 0 unspecified atom stereocenters. The van der Waals surface area contributed by atoms with Crippen LogP contribution in [0, 0.1) is 13.8 Å². The number of amides is 1. The minimum absolute atomic E-state index is 0.0765. The first-order valence-electron chi connectivity index (χ1n) is 7.82. The van der Waals surface area contributed by atoms with Gasteiger partial charge in [0, 0.05) is 25.4 Å². The van der Waals surface area contributed by atoms with Crippen molar-refractivity contribution in [1.29, 1.82) is 0 Å². The van der Waals surface area contributed by atoms with Gasteiger partial charge >= 0.3 is 0 Å². The van der Waals surface area contributed by atoms with E-state index in [-0.39, 0.29) is 5.91 Å². The number of nitrogens with zero attached hydrogens (tertiary/aromatic N) is 3. The third-order valence-corrected chi connectivity index (χ3v) is 4.83. The lowest BCUT2D eigenvalue weighted by Crippen LogP contribution is -2.24. The molecule has 2 heterocycles. The van der Waals surface area contributed by atoms with E-state index in [1.54, 1.807) is 10.9 Å². The molecule has 0 aliphatic rings. The van der Waals surface area contributed by atoms with Gasteiger partial charge in [-0.2, -0.15) is 5.10 Å². The summed E-state index contributed by atoms with van der Waals surface area (Å²) in [5.41, 5.74) is 4.59. The van der Waals surface area contributed by atoms with Gasteiger partial charge in [-0.1, -0.05) is 23.8 Å². The van der Waals surface area contributed by atoms with Gasteiger partial charge in [0.25, 0.3) is 5.91 Å². The Hall–Kier alpha value is -2.47. The second kappa shape index (κ2) is 6.97. The van der Waals surface area contributed by atoms with Crippen LogP contribution in [0.15, 0.2) is 36.8 Å². The highest BCUT2D eigenvalue weighted by Crippen LogP contribution is 2.28. The van der Waals surface area contributed by atoms with Crippen molar-refractivity contribution in [2.45, 2.75) is 20.3 Å². The van der Waals surface area contributed by atoms with Gasteiger partial charge in [-0.15, -0.1) is 11.3 Å². The van der Waals surface area contributed by atoms with E-state index in [4.69, 9.17) is 0 Å². The van der Waals surface area contributed by atoms with E-state index >= 15 is 0 Å². The topological polar surface area (TPSA) is 59.8 Å². The number of nitrogens with one attached hydrogen (secondary N) is 1. The van der Waals surface area contributed by atoms with Gasteiger partial charge < -0.3 is 5.32 Å². The maximum Gasteiger partial charge on any atom is 0.263 e. The average molecular weight is 340 g/mol. The maximum atomic E-state index is 12.3. The van der Waals surface area contributed by atoms with Crippen LogP contribution in [0.3, 0.4) is 0 Å². The molecule has 2 aromatic heterocycles. The number of thiazole rings is 1. The second-order valence-corrected chi connectivity index (χ2v) is 6.91. The average Bonchev–Trinajstić information content (AvgIpc) is 3.16. The molecule has 1 aromatic carbocycles. The molecule has 0 aliphatic carbocycles. The molecule has 1 N–H and O–H groups in total. The fourth-order valence-corrected chi connectivity index (χ4v) is 3.49. The smallest absolute Gasteiger partial charge is 0.263 e. The lowest BCUT2D eigenvalue weighted by atomic mass is 10.1. The molecule has 0 radical (unpaired) electrons. The van der Waals surface area contributed by atoms with E-state index in [1.807, 2.05) is 19.4 Å². The van der Waals surface area contributed by atoms with Gasteiger partial charge in [0.05, 0.1) is 12.4 Å². The van der Waals surface area contributed by atoms with Crippen LogP contribution >= 0.6 is 11.3 Å². The number of carbonyl (C=O) groups excluding carboxylic acids is 1. The predicted molar refractivity (Wildman–Crippen MR) is 96.3 cm³/mol. The van der Waals surface area contributed by atoms with Crippen molar-refractivity contribution in [3.8, 4) is 10.6 Å². The monoisotopic (exact) mass is 340 g/mol. The first-order chi connectivity index (χ1) is 11.5. The molecular formula is C18H20N4OS. The summed E-state index contributed by atoms with van der Waals surface area (Å²) >= 11 is 1.42. The van der Waals surface area contributed by atoms with Crippen molar-refractivity contribution in [2.75, 3.05) is 6.54 Å². The molecule has 0 spiro atoms. The van der Waals surface area contributed by atoms with Gasteiger partial charge in [-0.3, -0.25) is 9.48 Å². The summed E-state index contributed by atoms with van der Waals surface area (Å²) in [7, 11) is 1.88. The van der Waals surface area contributed by atoms with Gasteiger partial charge in [-0.25, -0.2) is 4.98 Å². The van der Waals surface area contributed by atoms with Crippen molar-refractivity contribution >= 4 is 17.2 Å². The Morgan fingerprint density at radius 3 is 2.83 bits per heavy atom. The molecule has 3 rings (SSSR count). The normalized spacial score (nSPS) is 10.8. The van der Waals surface area contributed by atoms with E-state index in [0.717, 1.165) is 22.6 Å². The number of hydrogen-bond donors (Lipinski definition) is 1. The Morgan fingerprint density at radius 1 is 1.29 bits per heavy atom. The fourth-order valence-electron chi connectivity index (χ4n) is 2.57. The number of aryl methyl sites for hydroxylation is 3. The first kappa shape index (κ1) is 16.4. The zero-order valence-electron chi connectivity index (χ0n) is 14.0. The predicted octanol–water partition coefficient (Wildman–Crippen LogP) is 3.13. The van der Waals surface area contributed by atoms with Crippen molar-refractivity contribution < 1.29 is 4.79 Å². The third-order valence-electron chi connectivity index (χ3n) is 3.80. The molecule has 0 saturated carbocycles. The quantitative estimate of drug-likeness (QED) is 0.776. The summed E-state index contributed by atoms with van der Waals surface area (Å²) in [5.74, 6) is -0.0765. The van der Waals surface area contributed by atoms with Crippen molar-refractivity contribution in [1.82, 2.24) is 20.1 Å². The summed E-state index contributed by atoms with van der Waals surface area (Å²) < 4.78 is 1.76. The lowest BCUT2D eigenvalue weighted by molar-refractivity contribution is 0.0958. The van der Waals surface area contributed by atoms with Gasteiger partial charge in [0.15, 0.2) is 0 Å². The Bertz CT molecular complexity index is 866. The molecule has 0 bridgehead atoms. The molecule has 24 heavy (non-hydrogen) atoms. The Morgan fingerprint density at radius 2 is 2.12 bits per heavy atom. The molecular weight excluding hydrogens is 320 g/mol. The van der Waals surface area contributed by atoms with Gasteiger partial charge in [-0.05, 0) is 31.4 Å². The second-order valence-electron chi connectivity index (χ2n) is 5.88. The highest BCUT2D eigenvalue weighted by Gasteiger charge is 2.12. The van der Waals surface area contributed by atoms with E-state index in [2.05, 4.69) is 47.4 Å². The Kier molecular flexibility index (Phi) is 4.76. The van der Waals surface area contributed by atoms with Crippen LogP contribution in [0.5, 0.6) is 0 Å². The molecule has 124 valence electrons. The van der Waals surface area contributed by atoms with Crippen LogP contribution in [-0.4, -0.2) is 27.2 Å². The number of benzene rings is 1. The van der Waals surface area contributed by atoms with Crippen molar-refractivity contribution in [2.24, 2.45) is 7.05 Å². The van der Waals surface area contributed by atoms with Crippen molar-refractivity contribution in [3.63, 3.8) is 0 Å². The minimum Gasteiger partial charge on any atom is -0.351 e. The summed E-state index contributed by atoms with van der Waals surface area (Å²) in [6, 6.07) is 6.26. The van der Waals surface area contributed by atoms with Gasteiger partial charge in [0.2, 0.25) is 0 Å². The van der Waals surface area contributed by atoms with E-state index in [1.165, 1.54) is 22.5 Å². The number of aromatic nitrogens is 3. The Balaban J connectivity index is 1.63. The molecule has 6 heteroatoms. The summed E-state index contributed by atoms with van der Waals surface area (Å²) in [6.07, 6.45) is 6.19. The van der Waals surface area contributed by atoms with Crippen LogP contribution in [0.25, 0.3) is 10.6 Å². The minimum atomic E-state index is -0.0765. The molecule has 0 atom stereocenters. The van der Waals surface area contributed by atoms with E-state index in [9.17, 15) is 4.79 Å². The number of carbonyl (C=O) groups is 1. The van der Waals surface area contributed by atoms with E-state index < -0.39 is 0 Å².